The number of nitrogens with one attached hydrogen (secondary N) is 1. The highest BCUT2D eigenvalue weighted by atomic mass is 16.5. The largest absolute Gasteiger partial charge is 0.491 e. The van der Waals surface area contributed by atoms with Gasteiger partial charge < -0.3 is 33.9 Å². The van der Waals surface area contributed by atoms with Crippen molar-refractivity contribution in [2.45, 2.75) is 32.9 Å². The highest BCUT2D eigenvalue weighted by Crippen LogP contribution is 2.27. The first-order valence-electron chi connectivity index (χ1n) is 11.7. The van der Waals surface area contributed by atoms with Crippen LogP contribution in [-0.2, 0) is 14.3 Å². The molecule has 196 valence electrons. The molecule has 0 bridgehead atoms. The molecule has 1 aromatic heterocycles. The van der Waals surface area contributed by atoms with E-state index in [0.29, 0.717) is 30.1 Å². The van der Waals surface area contributed by atoms with E-state index in [9.17, 15) is 14.4 Å². The molecule has 3 rings (SSSR count). The van der Waals surface area contributed by atoms with Gasteiger partial charge in [0.1, 0.15) is 24.7 Å². The van der Waals surface area contributed by atoms with Crippen LogP contribution in [0.5, 0.6) is 5.75 Å². The number of aryl methyl sites for hydroxylation is 1. The van der Waals surface area contributed by atoms with Crippen molar-refractivity contribution >= 4 is 23.4 Å². The summed E-state index contributed by atoms with van der Waals surface area (Å²) in [6.07, 6.45) is -0.294. The minimum atomic E-state index is -0.454. The van der Waals surface area contributed by atoms with Crippen molar-refractivity contribution in [1.82, 2.24) is 15.0 Å². The Labute approximate surface area is 210 Å². The van der Waals surface area contributed by atoms with E-state index in [1.807, 2.05) is 13.8 Å². The van der Waals surface area contributed by atoms with E-state index in [1.54, 1.807) is 49.1 Å². The van der Waals surface area contributed by atoms with Gasteiger partial charge in [-0.2, -0.15) is 0 Å². The minimum absolute atomic E-state index is 0.0508. The molecule has 2 heterocycles. The van der Waals surface area contributed by atoms with Crippen LogP contribution in [-0.4, -0.2) is 92.4 Å². The number of ether oxygens (including phenoxy) is 3. The standard InChI is InChI=1S/C25H34N4O7/c1-15-11-29(23(30)14-33-5)16(2)13-35-21-10-18(26-24(31)20-9-17(3)36-27-20)7-8-19(21)25(32)28(4)12-22(15)34-6/h7-10,15-16,22H,11-14H2,1-6H3,(H,26,31)/t15-,16+,22-/m1/s1. The number of rotatable bonds is 5. The Hall–Kier alpha value is -3.44. The lowest BCUT2D eigenvalue weighted by atomic mass is 10.0. The summed E-state index contributed by atoms with van der Waals surface area (Å²) in [6.45, 7) is 6.36. The van der Waals surface area contributed by atoms with Crippen molar-refractivity contribution in [1.29, 1.82) is 0 Å². The molecule has 0 radical (unpaired) electrons. The Bertz CT molecular complexity index is 1090. The number of benzene rings is 1. The van der Waals surface area contributed by atoms with E-state index >= 15 is 0 Å². The second-order valence-electron chi connectivity index (χ2n) is 9.06. The van der Waals surface area contributed by atoms with Gasteiger partial charge in [-0.25, -0.2) is 0 Å². The number of carbonyl (C=O) groups is 3. The predicted octanol–water partition coefficient (Wildman–Crippen LogP) is 2.21. The zero-order valence-corrected chi connectivity index (χ0v) is 21.6. The highest BCUT2D eigenvalue weighted by Gasteiger charge is 2.30. The maximum atomic E-state index is 13.3. The smallest absolute Gasteiger partial charge is 0.277 e. The molecule has 0 spiro atoms. The molecule has 11 nitrogen and oxygen atoms in total. The number of nitrogens with zero attached hydrogens (tertiary/aromatic N) is 3. The SMILES string of the molecule is COCC(=O)N1C[C@@H](C)[C@H](OC)CN(C)C(=O)c2ccc(NC(=O)c3cc(C)on3)cc2OC[C@@H]1C. The number of likely N-dealkylation sites (N-methyl/N-ethyl adjacent to an activating group) is 1. The first-order valence-corrected chi connectivity index (χ1v) is 11.7. The van der Waals surface area contributed by atoms with Crippen molar-refractivity contribution in [3.05, 3.63) is 41.3 Å². The van der Waals surface area contributed by atoms with Crippen LogP contribution in [0.1, 0.15) is 40.5 Å². The molecule has 0 saturated heterocycles. The third-order valence-electron chi connectivity index (χ3n) is 6.15. The van der Waals surface area contributed by atoms with E-state index in [4.69, 9.17) is 18.7 Å². The molecule has 0 fully saturated rings. The van der Waals surface area contributed by atoms with Crippen molar-refractivity contribution in [3.8, 4) is 5.75 Å². The van der Waals surface area contributed by atoms with Crippen LogP contribution in [0.4, 0.5) is 5.69 Å². The predicted molar refractivity (Wildman–Crippen MR) is 131 cm³/mol. The molecular formula is C25H34N4O7. The topological polar surface area (TPSA) is 123 Å². The monoisotopic (exact) mass is 502 g/mol. The summed E-state index contributed by atoms with van der Waals surface area (Å²) in [7, 11) is 4.76. The molecule has 1 N–H and O–H groups in total. The van der Waals surface area contributed by atoms with Gasteiger partial charge >= 0.3 is 0 Å². The Kier molecular flexibility index (Phi) is 9.05. The van der Waals surface area contributed by atoms with Crippen molar-refractivity contribution < 1.29 is 33.1 Å². The quantitative estimate of drug-likeness (QED) is 0.660. The average molecular weight is 503 g/mol. The van der Waals surface area contributed by atoms with Gasteiger partial charge in [0, 0.05) is 58.1 Å². The van der Waals surface area contributed by atoms with Gasteiger partial charge in [0.15, 0.2) is 5.69 Å². The molecule has 0 unspecified atom stereocenters. The van der Waals surface area contributed by atoms with Crippen molar-refractivity contribution in [2.75, 3.05) is 52.9 Å². The molecule has 1 aromatic carbocycles. The summed E-state index contributed by atoms with van der Waals surface area (Å²) in [5.74, 6) is -0.115. The second-order valence-corrected chi connectivity index (χ2v) is 9.06. The molecule has 0 saturated carbocycles. The summed E-state index contributed by atoms with van der Waals surface area (Å²) < 4.78 is 21.8. The van der Waals surface area contributed by atoms with E-state index in [0.717, 1.165) is 0 Å². The van der Waals surface area contributed by atoms with Crippen LogP contribution < -0.4 is 10.1 Å². The second kappa shape index (κ2) is 12.0. The van der Waals surface area contributed by atoms with Gasteiger partial charge in [-0.15, -0.1) is 0 Å². The summed E-state index contributed by atoms with van der Waals surface area (Å²) in [5, 5.41) is 6.47. The van der Waals surface area contributed by atoms with Crippen LogP contribution in [0.15, 0.2) is 28.8 Å². The van der Waals surface area contributed by atoms with Crippen LogP contribution in [0, 0.1) is 12.8 Å². The van der Waals surface area contributed by atoms with Crippen molar-refractivity contribution in [2.24, 2.45) is 5.92 Å². The molecular weight excluding hydrogens is 468 g/mol. The zero-order chi connectivity index (χ0) is 26.4. The Morgan fingerprint density at radius 2 is 1.94 bits per heavy atom. The lowest BCUT2D eigenvalue weighted by molar-refractivity contribution is -0.139. The number of hydrogen-bond donors (Lipinski definition) is 1. The van der Waals surface area contributed by atoms with E-state index in [-0.39, 0.29) is 54.5 Å². The third kappa shape index (κ3) is 6.41. The van der Waals surface area contributed by atoms with Crippen LogP contribution in [0.25, 0.3) is 0 Å². The minimum Gasteiger partial charge on any atom is -0.491 e. The van der Waals surface area contributed by atoms with Crippen LogP contribution in [0.3, 0.4) is 0 Å². The number of fused-ring (bicyclic) bond motifs is 1. The molecule has 3 amide bonds. The summed E-state index contributed by atoms with van der Waals surface area (Å²) in [6, 6.07) is 6.02. The molecule has 36 heavy (non-hydrogen) atoms. The molecule has 1 aliphatic rings. The normalized spacial score (nSPS) is 21.2. The number of anilines is 1. The van der Waals surface area contributed by atoms with E-state index in [2.05, 4.69) is 10.5 Å². The summed E-state index contributed by atoms with van der Waals surface area (Å²) >= 11 is 0. The number of amides is 3. The molecule has 0 aliphatic carbocycles. The molecule has 3 atom stereocenters. The Morgan fingerprint density at radius 1 is 1.19 bits per heavy atom. The average Bonchev–Trinajstić information content (AvgIpc) is 3.29. The van der Waals surface area contributed by atoms with Crippen molar-refractivity contribution in [3.63, 3.8) is 0 Å². The lowest BCUT2D eigenvalue weighted by Gasteiger charge is -2.36. The van der Waals surface area contributed by atoms with Gasteiger partial charge in [0.2, 0.25) is 5.91 Å². The highest BCUT2D eigenvalue weighted by molar-refractivity contribution is 6.03. The molecule has 11 heteroatoms. The summed E-state index contributed by atoms with van der Waals surface area (Å²) in [5.41, 5.74) is 0.890. The first kappa shape index (κ1) is 27.2. The first-order chi connectivity index (χ1) is 17.1. The van der Waals surface area contributed by atoms with E-state index in [1.165, 1.54) is 13.2 Å². The maximum Gasteiger partial charge on any atom is 0.277 e. The van der Waals surface area contributed by atoms with Gasteiger partial charge in [-0.1, -0.05) is 12.1 Å². The number of hydrogen-bond acceptors (Lipinski definition) is 8. The fraction of sp³-hybridized carbons (Fsp3) is 0.520. The van der Waals surface area contributed by atoms with Gasteiger partial charge in [-0.3, -0.25) is 14.4 Å². The fourth-order valence-corrected chi connectivity index (χ4v) is 4.07. The number of aromatic nitrogens is 1. The van der Waals surface area contributed by atoms with Gasteiger partial charge in [0.25, 0.3) is 11.8 Å². The number of methoxy groups -OCH3 is 2. The third-order valence-corrected chi connectivity index (χ3v) is 6.15. The van der Waals surface area contributed by atoms with Crippen LogP contribution >= 0.6 is 0 Å². The van der Waals surface area contributed by atoms with Crippen LogP contribution in [0.2, 0.25) is 0 Å². The van der Waals surface area contributed by atoms with E-state index < -0.39 is 5.91 Å². The lowest BCUT2D eigenvalue weighted by Crippen LogP contribution is -2.49. The maximum absolute atomic E-state index is 13.3. The Morgan fingerprint density at radius 3 is 2.58 bits per heavy atom. The molecule has 2 aromatic rings. The Balaban J connectivity index is 1.93. The van der Waals surface area contributed by atoms with Gasteiger partial charge in [-0.05, 0) is 26.0 Å². The number of carbonyl (C=O) groups excluding carboxylic acids is 3. The fourth-order valence-electron chi connectivity index (χ4n) is 4.07. The molecule has 1 aliphatic heterocycles. The zero-order valence-electron chi connectivity index (χ0n) is 21.6. The summed E-state index contributed by atoms with van der Waals surface area (Å²) in [4.78, 5) is 41.9. The van der Waals surface area contributed by atoms with Gasteiger partial charge in [0.05, 0.1) is 17.7 Å².